The maximum Gasteiger partial charge on any atom is 0.306 e. The Morgan fingerprint density at radius 3 is 0.982 bits per heavy atom. The Hall–Kier alpha value is -2.11. The number of allylic oxidation sites excluding steroid dienone is 4. The standard InChI is InChI=1S/C49H90O6/c1-4-7-10-13-16-19-22-24-27-30-33-36-39-42-48(51)54-45-46(44-53-47(50)41-38-35-32-29-26-21-18-15-12-9-6-3)55-49(52)43-40-37-34-31-28-25-23-20-17-14-11-8-5-2/h15,18-19,22,46H,4-14,16-17,20-21,23-45H2,1-3H3/b18-15-,22-19-/t46-/m0/s1. The third kappa shape index (κ3) is 42.9. The van der Waals surface area contributed by atoms with Crippen molar-refractivity contribution in [2.75, 3.05) is 13.2 Å². The first kappa shape index (κ1) is 52.9. The Labute approximate surface area is 341 Å². The summed E-state index contributed by atoms with van der Waals surface area (Å²) in [5.41, 5.74) is 0. The minimum Gasteiger partial charge on any atom is -0.462 e. The van der Waals surface area contributed by atoms with Crippen molar-refractivity contribution in [2.24, 2.45) is 0 Å². The smallest absolute Gasteiger partial charge is 0.306 e. The third-order valence-corrected chi connectivity index (χ3v) is 10.4. The lowest BCUT2D eigenvalue weighted by Gasteiger charge is -2.18. The molecule has 322 valence electrons. The van der Waals surface area contributed by atoms with Crippen LogP contribution in [0.5, 0.6) is 0 Å². The topological polar surface area (TPSA) is 78.9 Å². The predicted octanol–water partition coefficient (Wildman–Crippen LogP) is 15.2. The van der Waals surface area contributed by atoms with Gasteiger partial charge in [0.25, 0.3) is 0 Å². The molecule has 0 aromatic heterocycles. The minimum atomic E-state index is -0.771. The molecular weight excluding hydrogens is 685 g/mol. The number of ether oxygens (including phenoxy) is 3. The zero-order valence-corrected chi connectivity index (χ0v) is 36.7. The van der Waals surface area contributed by atoms with Gasteiger partial charge in [0.15, 0.2) is 6.10 Å². The molecule has 0 N–H and O–H groups in total. The van der Waals surface area contributed by atoms with Crippen LogP contribution in [0.3, 0.4) is 0 Å². The highest BCUT2D eigenvalue weighted by molar-refractivity contribution is 5.71. The first-order valence-electron chi connectivity index (χ1n) is 23.8. The molecule has 0 aliphatic heterocycles. The van der Waals surface area contributed by atoms with Crippen LogP contribution < -0.4 is 0 Å². The van der Waals surface area contributed by atoms with Gasteiger partial charge in [-0.05, 0) is 64.2 Å². The summed E-state index contributed by atoms with van der Waals surface area (Å²) in [4.78, 5) is 37.8. The number of carbonyl (C=O) groups excluding carboxylic acids is 3. The van der Waals surface area contributed by atoms with Gasteiger partial charge in [0.2, 0.25) is 0 Å². The van der Waals surface area contributed by atoms with Crippen molar-refractivity contribution in [3.05, 3.63) is 24.3 Å². The van der Waals surface area contributed by atoms with Crippen molar-refractivity contribution < 1.29 is 28.6 Å². The lowest BCUT2D eigenvalue weighted by Crippen LogP contribution is -2.30. The van der Waals surface area contributed by atoms with Gasteiger partial charge < -0.3 is 14.2 Å². The molecule has 1 atom stereocenters. The summed E-state index contributed by atoms with van der Waals surface area (Å²) in [5, 5.41) is 0. The van der Waals surface area contributed by atoms with Crippen LogP contribution in [0.2, 0.25) is 0 Å². The number of carbonyl (C=O) groups is 3. The third-order valence-electron chi connectivity index (χ3n) is 10.4. The van der Waals surface area contributed by atoms with Crippen molar-refractivity contribution in [2.45, 2.75) is 258 Å². The average Bonchev–Trinajstić information content (AvgIpc) is 3.18. The highest BCUT2D eigenvalue weighted by Gasteiger charge is 2.19. The highest BCUT2D eigenvalue weighted by Crippen LogP contribution is 2.15. The first-order valence-corrected chi connectivity index (χ1v) is 23.8. The molecule has 0 unspecified atom stereocenters. The molecule has 0 radical (unpaired) electrons. The van der Waals surface area contributed by atoms with Crippen LogP contribution in [0.4, 0.5) is 0 Å². The molecule has 6 nitrogen and oxygen atoms in total. The molecule has 6 heteroatoms. The van der Waals surface area contributed by atoms with E-state index in [-0.39, 0.29) is 31.1 Å². The molecule has 55 heavy (non-hydrogen) atoms. The first-order chi connectivity index (χ1) is 27.0. The van der Waals surface area contributed by atoms with Crippen molar-refractivity contribution in [1.29, 1.82) is 0 Å². The van der Waals surface area contributed by atoms with Crippen LogP contribution in [0.1, 0.15) is 252 Å². The molecular formula is C49H90O6. The van der Waals surface area contributed by atoms with Crippen LogP contribution in [-0.4, -0.2) is 37.2 Å². The summed E-state index contributed by atoms with van der Waals surface area (Å²) in [6, 6.07) is 0. The fourth-order valence-corrected chi connectivity index (χ4v) is 6.77. The van der Waals surface area contributed by atoms with E-state index in [0.29, 0.717) is 19.3 Å². The zero-order valence-electron chi connectivity index (χ0n) is 36.7. The van der Waals surface area contributed by atoms with E-state index in [1.165, 1.54) is 141 Å². The van der Waals surface area contributed by atoms with E-state index in [9.17, 15) is 14.4 Å². The van der Waals surface area contributed by atoms with Crippen LogP contribution in [0, 0.1) is 0 Å². The van der Waals surface area contributed by atoms with Crippen molar-refractivity contribution in [1.82, 2.24) is 0 Å². The van der Waals surface area contributed by atoms with Crippen molar-refractivity contribution in [3.8, 4) is 0 Å². The van der Waals surface area contributed by atoms with E-state index in [4.69, 9.17) is 14.2 Å². The largest absolute Gasteiger partial charge is 0.462 e. The molecule has 0 saturated heterocycles. The predicted molar refractivity (Wildman–Crippen MR) is 233 cm³/mol. The van der Waals surface area contributed by atoms with E-state index in [1.807, 2.05) is 0 Å². The fourth-order valence-electron chi connectivity index (χ4n) is 6.77. The van der Waals surface area contributed by atoms with Gasteiger partial charge in [-0.3, -0.25) is 14.4 Å². The molecule has 0 saturated carbocycles. The zero-order chi connectivity index (χ0) is 40.1. The van der Waals surface area contributed by atoms with Crippen LogP contribution in [-0.2, 0) is 28.6 Å². The van der Waals surface area contributed by atoms with E-state index >= 15 is 0 Å². The summed E-state index contributed by atoms with van der Waals surface area (Å²) in [5.74, 6) is -0.886. The molecule has 0 amide bonds. The lowest BCUT2D eigenvalue weighted by atomic mass is 10.0. The van der Waals surface area contributed by atoms with Gasteiger partial charge >= 0.3 is 17.9 Å². The van der Waals surface area contributed by atoms with E-state index in [1.54, 1.807) is 0 Å². The molecule has 0 aromatic carbocycles. The van der Waals surface area contributed by atoms with E-state index in [2.05, 4.69) is 45.1 Å². The number of esters is 3. The SMILES string of the molecule is CCCC/C=C\CCCCCCCC(=O)OC[C@@H](COC(=O)CCCCCCC/C=C\CCCCCC)OC(=O)CCCCCCCCCCCCCCC. The minimum absolute atomic E-state index is 0.0753. The maximum absolute atomic E-state index is 12.7. The Balaban J connectivity index is 4.37. The van der Waals surface area contributed by atoms with Gasteiger partial charge in [-0.2, -0.15) is 0 Å². The van der Waals surface area contributed by atoms with Gasteiger partial charge in [-0.25, -0.2) is 0 Å². The molecule has 0 aliphatic carbocycles. The molecule has 0 spiro atoms. The Morgan fingerprint density at radius 2 is 0.618 bits per heavy atom. The monoisotopic (exact) mass is 775 g/mol. The number of unbranched alkanes of at least 4 members (excludes halogenated alkanes) is 28. The molecule has 0 fully saturated rings. The van der Waals surface area contributed by atoms with E-state index in [0.717, 1.165) is 70.6 Å². The van der Waals surface area contributed by atoms with Crippen LogP contribution in [0.25, 0.3) is 0 Å². The van der Waals surface area contributed by atoms with Gasteiger partial charge in [0, 0.05) is 19.3 Å². The Kier molecular flexibility index (Phi) is 42.9. The summed E-state index contributed by atoms with van der Waals surface area (Å²) < 4.78 is 16.7. The van der Waals surface area contributed by atoms with E-state index < -0.39 is 6.10 Å². The Bertz CT molecular complexity index is 896. The number of hydrogen-bond donors (Lipinski definition) is 0. The molecule has 0 aliphatic rings. The molecule has 0 bridgehead atoms. The normalized spacial score (nSPS) is 12.1. The summed E-state index contributed by atoms with van der Waals surface area (Å²) >= 11 is 0. The van der Waals surface area contributed by atoms with Gasteiger partial charge in [0.05, 0.1) is 0 Å². The summed E-state index contributed by atoms with van der Waals surface area (Å²) in [6.07, 6.45) is 48.7. The second-order valence-corrected chi connectivity index (χ2v) is 16.0. The quantitative estimate of drug-likeness (QED) is 0.0266. The maximum atomic E-state index is 12.7. The van der Waals surface area contributed by atoms with Gasteiger partial charge in [-0.15, -0.1) is 0 Å². The lowest BCUT2D eigenvalue weighted by molar-refractivity contribution is -0.167. The highest BCUT2D eigenvalue weighted by atomic mass is 16.6. The van der Waals surface area contributed by atoms with Crippen molar-refractivity contribution in [3.63, 3.8) is 0 Å². The average molecular weight is 775 g/mol. The second-order valence-electron chi connectivity index (χ2n) is 16.0. The number of rotatable bonds is 43. The Morgan fingerprint density at radius 1 is 0.345 bits per heavy atom. The molecule has 0 heterocycles. The van der Waals surface area contributed by atoms with Gasteiger partial charge in [0.1, 0.15) is 13.2 Å². The molecule has 0 rings (SSSR count). The summed E-state index contributed by atoms with van der Waals surface area (Å²) in [6.45, 7) is 6.58. The van der Waals surface area contributed by atoms with Crippen molar-refractivity contribution >= 4 is 17.9 Å². The van der Waals surface area contributed by atoms with Crippen LogP contribution >= 0.6 is 0 Å². The van der Waals surface area contributed by atoms with Crippen LogP contribution in [0.15, 0.2) is 24.3 Å². The summed E-state index contributed by atoms with van der Waals surface area (Å²) in [7, 11) is 0. The second kappa shape index (κ2) is 44.6. The number of hydrogen-bond acceptors (Lipinski definition) is 6. The van der Waals surface area contributed by atoms with Gasteiger partial charge in [-0.1, -0.05) is 193 Å². The molecule has 0 aromatic rings. The fraction of sp³-hybridized carbons (Fsp3) is 0.857.